The molecule has 0 saturated heterocycles. The molecule has 0 atom stereocenters. The van der Waals surface area contributed by atoms with Crippen LogP contribution in [-0.2, 0) is 0 Å². The molecule has 0 aliphatic carbocycles. The SMILES string of the molecule is CC[N+](C)(CC)CC.[O-]C(F)(F)C(F)(F)C(F)(F)F. The quantitative estimate of drug-likeness (QED) is 0.578. The van der Waals surface area contributed by atoms with Crippen LogP contribution in [0.4, 0.5) is 30.7 Å². The van der Waals surface area contributed by atoms with E-state index in [9.17, 15) is 30.7 Å². The highest BCUT2D eigenvalue weighted by atomic mass is 19.4. The Hall–Kier alpha value is -0.570. The van der Waals surface area contributed by atoms with Gasteiger partial charge in [-0.3, -0.25) is 0 Å². The van der Waals surface area contributed by atoms with E-state index in [4.69, 9.17) is 5.11 Å². The van der Waals surface area contributed by atoms with E-state index in [1.807, 2.05) is 0 Å². The molecule has 0 saturated carbocycles. The van der Waals surface area contributed by atoms with Crippen molar-refractivity contribution in [2.24, 2.45) is 0 Å². The van der Waals surface area contributed by atoms with Crippen LogP contribution in [0.1, 0.15) is 20.8 Å². The molecule has 0 spiro atoms. The van der Waals surface area contributed by atoms with Crippen molar-refractivity contribution in [3.63, 3.8) is 0 Å². The first-order valence-corrected chi connectivity index (χ1v) is 5.54. The maximum atomic E-state index is 11.2. The van der Waals surface area contributed by atoms with E-state index in [1.54, 1.807) is 0 Å². The maximum absolute atomic E-state index is 11.2. The zero-order chi connectivity index (χ0) is 16.1. The van der Waals surface area contributed by atoms with E-state index in [0.29, 0.717) is 0 Å². The minimum Gasteiger partial charge on any atom is -0.793 e. The Morgan fingerprint density at radius 1 is 0.789 bits per heavy atom. The smallest absolute Gasteiger partial charge is 0.458 e. The van der Waals surface area contributed by atoms with Crippen LogP contribution >= 0.6 is 0 Å². The van der Waals surface area contributed by atoms with Gasteiger partial charge >= 0.3 is 12.1 Å². The van der Waals surface area contributed by atoms with Crippen molar-refractivity contribution in [2.75, 3.05) is 26.7 Å². The predicted octanol–water partition coefficient (Wildman–Crippen LogP) is 2.63. The number of hydrogen-bond donors (Lipinski definition) is 0. The Morgan fingerprint density at radius 2 is 1.05 bits per heavy atom. The summed E-state index contributed by atoms with van der Waals surface area (Å²) in [7, 11) is 2.29. The first-order valence-electron chi connectivity index (χ1n) is 5.54. The van der Waals surface area contributed by atoms with Gasteiger partial charge in [0.1, 0.15) is 0 Å². The molecule has 0 N–H and O–H groups in total. The molecule has 0 unspecified atom stereocenters. The van der Waals surface area contributed by atoms with Gasteiger partial charge in [-0.2, -0.15) is 22.0 Å². The summed E-state index contributed by atoms with van der Waals surface area (Å²) >= 11 is 0. The van der Waals surface area contributed by atoms with Gasteiger partial charge in [-0.05, 0) is 20.8 Å². The highest BCUT2D eigenvalue weighted by Gasteiger charge is 2.67. The predicted molar refractivity (Wildman–Crippen MR) is 53.8 cm³/mol. The standard InChI is InChI=1S/C7H18N.C3F7O/c1-5-8(4,6-2)7-3;4-1(5,2(6,7)8)3(9,10)11/h5-7H2,1-4H3;/q+1;-1. The number of quaternary nitrogens is 1. The van der Waals surface area contributed by atoms with E-state index < -0.39 is 18.2 Å². The van der Waals surface area contributed by atoms with Gasteiger partial charge in [0.05, 0.1) is 26.7 Å². The summed E-state index contributed by atoms with van der Waals surface area (Å²) in [6, 6.07) is 0. The number of halogens is 7. The molecule has 0 rings (SSSR count). The monoisotopic (exact) mass is 301 g/mol. The molecule has 0 bridgehead atoms. The zero-order valence-electron chi connectivity index (χ0n) is 11.1. The van der Waals surface area contributed by atoms with Crippen molar-refractivity contribution in [3.8, 4) is 0 Å². The second kappa shape index (κ2) is 6.74. The molecule has 2 nitrogen and oxygen atoms in total. The highest BCUT2D eigenvalue weighted by molar-refractivity contribution is 4.81. The average Bonchev–Trinajstić information content (AvgIpc) is 2.26. The Morgan fingerprint density at radius 3 is 1.05 bits per heavy atom. The maximum Gasteiger partial charge on any atom is 0.458 e. The fourth-order valence-corrected chi connectivity index (χ4v) is 0.836. The van der Waals surface area contributed by atoms with Gasteiger partial charge in [0.25, 0.3) is 6.11 Å². The van der Waals surface area contributed by atoms with Crippen molar-refractivity contribution in [3.05, 3.63) is 0 Å². The lowest BCUT2D eigenvalue weighted by molar-refractivity contribution is -0.904. The molecule has 0 aliphatic heterocycles. The first-order chi connectivity index (χ1) is 8.18. The fraction of sp³-hybridized carbons (Fsp3) is 1.00. The Bertz CT molecular complexity index is 231. The van der Waals surface area contributed by atoms with Gasteiger partial charge < -0.3 is 9.59 Å². The van der Waals surface area contributed by atoms with Gasteiger partial charge in [-0.1, -0.05) is 0 Å². The number of rotatable bonds is 4. The average molecular weight is 301 g/mol. The van der Waals surface area contributed by atoms with Crippen molar-refractivity contribution in [2.45, 2.75) is 39.0 Å². The third-order valence-electron chi connectivity index (χ3n) is 3.01. The van der Waals surface area contributed by atoms with Crippen LogP contribution in [0, 0.1) is 0 Å². The molecule has 0 aliphatic rings. The van der Waals surface area contributed by atoms with Crippen LogP contribution in [0.15, 0.2) is 0 Å². The first kappa shape index (κ1) is 20.7. The van der Waals surface area contributed by atoms with Gasteiger partial charge in [0.2, 0.25) is 0 Å². The highest BCUT2D eigenvalue weighted by Crippen LogP contribution is 2.43. The van der Waals surface area contributed by atoms with Crippen molar-refractivity contribution in [1.29, 1.82) is 0 Å². The molecule has 118 valence electrons. The van der Waals surface area contributed by atoms with Crippen molar-refractivity contribution < 1.29 is 40.3 Å². The van der Waals surface area contributed by atoms with E-state index in [1.165, 1.54) is 24.1 Å². The van der Waals surface area contributed by atoms with Crippen LogP contribution in [-0.4, -0.2) is 49.4 Å². The minimum absolute atomic E-state index is 1.21. The molecule has 0 amide bonds. The van der Waals surface area contributed by atoms with E-state index in [2.05, 4.69) is 27.8 Å². The Kier molecular flexibility index (Phi) is 7.35. The number of hydrogen-bond acceptors (Lipinski definition) is 1. The van der Waals surface area contributed by atoms with Gasteiger partial charge in [0.15, 0.2) is 0 Å². The summed E-state index contributed by atoms with van der Waals surface area (Å²) in [5.74, 6) is -6.51. The van der Waals surface area contributed by atoms with Gasteiger partial charge in [0, 0.05) is 0 Å². The fourth-order valence-electron chi connectivity index (χ4n) is 0.836. The minimum atomic E-state index is -6.52. The van der Waals surface area contributed by atoms with Crippen LogP contribution in [0.3, 0.4) is 0 Å². The van der Waals surface area contributed by atoms with Crippen molar-refractivity contribution >= 4 is 0 Å². The molecule has 0 aromatic carbocycles. The Labute approximate surface area is 107 Å². The topological polar surface area (TPSA) is 23.1 Å². The van der Waals surface area contributed by atoms with Crippen LogP contribution < -0.4 is 5.11 Å². The molecule has 9 heteroatoms. The summed E-state index contributed by atoms with van der Waals surface area (Å²) in [4.78, 5) is 0. The summed E-state index contributed by atoms with van der Waals surface area (Å²) in [5, 5.41) is 8.97. The normalized spacial score (nSPS) is 13.9. The van der Waals surface area contributed by atoms with E-state index >= 15 is 0 Å². The van der Waals surface area contributed by atoms with Crippen molar-refractivity contribution in [1.82, 2.24) is 0 Å². The lowest BCUT2D eigenvalue weighted by Gasteiger charge is -2.31. The van der Waals surface area contributed by atoms with Crippen LogP contribution in [0.5, 0.6) is 0 Å². The number of nitrogens with zero attached hydrogens (tertiary/aromatic N) is 1. The lowest BCUT2D eigenvalue weighted by atomic mass is 10.3. The van der Waals surface area contributed by atoms with E-state index in [-0.39, 0.29) is 0 Å². The number of alkyl halides is 7. The summed E-state index contributed by atoms with van der Waals surface area (Å²) < 4.78 is 78.3. The molecular weight excluding hydrogens is 283 g/mol. The van der Waals surface area contributed by atoms with Gasteiger partial charge in [-0.15, -0.1) is 0 Å². The van der Waals surface area contributed by atoms with Crippen LogP contribution in [0.2, 0.25) is 0 Å². The summed E-state index contributed by atoms with van der Waals surface area (Å²) in [6.45, 7) is 10.5. The third kappa shape index (κ3) is 5.94. The van der Waals surface area contributed by atoms with Gasteiger partial charge in [-0.25, -0.2) is 8.78 Å². The summed E-state index contributed by atoms with van der Waals surface area (Å²) in [5.41, 5.74) is 0. The molecule has 0 aromatic heterocycles. The zero-order valence-corrected chi connectivity index (χ0v) is 11.1. The molecule has 0 aromatic rings. The molecule has 0 heterocycles. The van der Waals surface area contributed by atoms with E-state index in [0.717, 1.165) is 0 Å². The summed E-state index contributed by atoms with van der Waals surface area (Å²) in [6.07, 6.45) is -12.8. The lowest BCUT2D eigenvalue weighted by Crippen LogP contribution is -2.59. The molecule has 0 fully saturated rings. The second-order valence-corrected chi connectivity index (χ2v) is 4.16. The third-order valence-corrected chi connectivity index (χ3v) is 3.01. The van der Waals surface area contributed by atoms with Crippen LogP contribution in [0.25, 0.3) is 0 Å². The largest absolute Gasteiger partial charge is 0.793 e. The second-order valence-electron chi connectivity index (χ2n) is 4.16. The molecular formula is C10H18F7NO. The Balaban J connectivity index is 0. The molecule has 0 radical (unpaired) electrons. The molecule has 19 heavy (non-hydrogen) atoms.